The zero-order valence-corrected chi connectivity index (χ0v) is 21.1. The number of sulfonamides is 1. The van der Waals surface area contributed by atoms with Gasteiger partial charge in [0.05, 0.1) is 16.1 Å². The van der Waals surface area contributed by atoms with Gasteiger partial charge in [-0.2, -0.15) is 4.31 Å². The fraction of sp³-hybridized carbons (Fsp3) is 0.478. The summed E-state index contributed by atoms with van der Waals surface area (Å²) in [5, 5.41) is 2.79. The Hall–Kier alpha value is -2.01. The molecule has 2 aliphatic rings. The highest BCUT2D eigenvalue weighted by Gasteiger charge is 2.36. The average Bonchev–Trinajstić information content (AvgIpc) is 3.54. The number of thiazole rings is 1. The van der Waals surface area contributed by atoms with Gasteiger partial charge >= 0.3 is 0 Å². The highest BCUT2D eigenvalue weighted by atomic mass is 32.2. The molecule has 10 heteroatoms. The Labute approximate surface area is 202 Å². The summed E-state index contributed by atoms with van der Waals surface area (Å²) in [7, 11) is -3.51. The zero-order chi connectivity index (χ0) is 23.0. The van der Waals surface area contributed by atoms with Gasteiger partial charge in [-0.25, -0.2) is 13.4 Å². The number of aryl methyl sites for hydroxylation is 1. The van der Waals surface area contributed by atoms with E-state index in [2.05, 4.69) is 30.0 Å². The molecule has 0 aliphatic carbocycles. The number of aromatic nitrogens is 1. The molecule has 0 N–H and O–H groups in total. The van der Waals surface area contributed by atoms with Gasteiger partial charge in [0, 0.05) is 39.3 Å². The third-order valence-corrected chi connectivity index (χ3v) is 10.9. The second-order valence-electron chi connectivity index (χ2n) is 8.56. The van der Waals surface area contributed by atoms with Gasteiger partial charge in [-0.05, 0) is 42.3 Å². The number of nitrogens with zero attached hydrogens (tertiary/aromatic N) is 4. The average molecular weight is 505 g/mol. The van der Waals surface area contributed by atoms with Gasteiger partial charge in [0.1, 0.15) is 4.21 Å². The lowest BCUT2D eigenvalue weighted by molar-refractivity contribution is -0.137. The molecule has 176 valence electrons. The summed E-state index contributed by atoms with van der Waals surface area (Å²) in [6.07, 6.45) is 2.42. The number of rotatable bonds is 5. The lowest BCUT2D eigenvalue weighted by Gasteiger charge is -2.38. The fourth-order valence-electron chi connectivity index (χ4n) is 4.69. The number of benzene rings is 1. The van der Waals surface area contributed by atoms with E-state index in [4.69, 9.17) is 4.98 Å². The van der Waals surface area contributed by atoms with E-state index in [9.17, 15) is 13.2 Å². The first kappa shape index (κ1) is 22.8. The molecule has 0 bridgehead atoms. The maximum absolute atomic E-state index is 13.3. The Bertz CT molecular complexity index is 1230. The summed E-state index contributed by atoms with van der Waals surface area (Å²) in [5.41, 5.74) is 2.36. The Morgan fingerprint density at radius 3 is 2.67 bits per heavy atom. The molecule has 2 aliphatic heterocycles. The Kier molecular flexibility index (Phi) is 6.43. The Morgan fingerprint density at radius 1 is 1.12 bits per heavy atom. The number of hydrogen-bond acceptors (Lipinski definition) is 7. The largest absolute Gasteiger partial charge is 0.345 e. The van der Waals surface area contributed by atoms with Gasteiger partial charge in [-0.3, -0.25) is 4.79 Å². The minimum atomic E-state index is -3.51. The Balaban J connectivity index is 1.23. The molecule has 33 heavy (non-hydrogen) atoms. The first-order valence-electron chi connectivity index (χ1n) is 11.4. The van der Waals surface area contributed by atoms with E-state index in [1.807, 2.05) is 4.90 Å². The minimum Gasteiger partial charge on any atom is -0.345 e. The number of piperidine rings is 1. The normalized spacial score (nSPS) is 20.5. The number of thiophene rings is 1. The van der Waals surface area contributed by atoms with E-state index < -0.39 is 10.0 Å². The van der Waals surface area contributed by atoms with Crippen molar-refractivity contribution >= 4 is 54.0 Å². The highest BCUT2D eigenvalue weighted by Crippen LogP contribution is 2.32. The molecule has 2 saturated heterocycles. The topological polar surface area (TPSA) is 73.8 Å². The van der Waals surface area contributed by atoms with Crippen molar-refractivity contribution in [1.82, 2.24) is 14.2 Å². The molecular weight excluding hydrogens is 476 g/mol. The molecule has 4 heterocycles. The predicted molar refractivity (Wildman–Crippen MR) is 134 cm³/mol. The van der Waals surface area contributed by atoms with Crippen LogP contribution in [0.2, 0.25) is 0 Å². The Morgan fingerprint density at radius 2 is 1.94 bits per heavy atom. The quantitative estimate of drug-likeness (QED) is 0.530. The van der Waals surface area contributed by atoms with E-state index in [1.54, 1.807) is 28.8 Å². The molecular formula is C23H28N4O3S3. The summed E-state index contributed by atoms with van der Waals surface area (Å²) in [5.74, 6) is -0.187. The number of anilines is 1. The second-order valence-corrected chi connectivity index (χ2v) is 12.7. The van der Waals surface area contributed by atoms with Crippen LogP contribution in [0, 0.1) is 5.92 Å². The van der Waals surface area contributed by atoms with Crippen LogP contribution in [0.1, 0.15) is 25.3 Å². The van der Waals surface area contributed by atoms with Crippen molar-refractivity contribution in [3.05, 3.63) is 41.3 Å². The molecule has 2 fully saturated rings. The van der Waals surface area contributed by atoms with Crippen LogP contribution in [0.4, 0.5) is 5.13 Å². The molecule has 0 saturated carbocycles. The van der Waals surface area contributed by atoms with Gasteiger partial charge in [0.15, 0.2) is 5.13 Å². The van der Waals surface area contributed by atoms with E-state index >= 15 is 0 Å². The third-order valence-electron chi connectivity index (χ3n) is 6.56. The van der Waals surface area contributed by atoms with Crippen LogP contribution in [0.5, 0.6) is 0 Å². The van der Waals surface area contributed by atoms with E-state index in [0.29, 0.717) is 30.3 Å². The molecule has 2 aromatic heterocycles. The number of para-hydroxylation sites is 1. The summed E-state index contributed by atoms with van der Waals surface area (Å²) >= 11 is 2.94. The summed E-state index contributed by atoms with van der Waals surface area (Å²) in [6.45, 7) is 5.68. The van der Waals surface area contributed by atoms with Gasteiger partial charge in [0.25, 0.3) is 10.0 Å². The van der Waals surface area contributed by atoms with Crippen LogP contribution >= 0.6 is 22.7 Å². The summed E-state index contributed by atoms with van der Waals surface area (Å²) < 4.78 is 28.9. The molecule has 0 spiro atoms. The van der Waals surface area contributed by atoms with E-state index in [-0.39, 0.29) is 18.4 Å². The molecule has 5 rings (SSSR count). The first-order valence-corrected chi connectivity index (χ1v) is 14.6. The highest BCUT2D eigenvalue weighted by molar-refractivity contribution is 7.91. The maximum Gasteiger partial charge on any atom is 0.252 e. The van der Waals surface area contributed by atoms with Crippen LogP contribution in [0.15, 0.2) is 39.9 Å². The summed E-state index contributed by atoms with van der Waals surface area (Å²) in [6, 6.07) is 9.73. The van der Waals surface area contributed by atoms with Crippen molar-refractivity contribution in [3.8, 4) is 0 Å². The molecule has 1 unspecified atom stereocenters. The SMILES string of the molecule is CCc1cccc2sc(N3CCN(C(=O)C4CCCN(S(=O)(=O)c5cccs5)C4)CC3)nc12. The molecule has 1 aromatic carbocycles. The lowest BCUT2D eigenvalue weighted by Crippen LogP contribution is -2.53. The summed E-state index contributed by atoms with van der Waals surface area (Å²) in [4.78, 5) is 22.3. The van der Waals surface area contributed by atoms with E-state index in [0.717, 1.165) is 36.6 Å². The lowest BCUT2D eigenvalue weighted by atomic mass is 9.98. The van der Waals surface area contributed by atoms with Gasteiger partial charge in [-0.15, -0.1) is 11.3 Å². The van der Waals surface area contributed by atoms with E-state index in [1.165, 1.54) is 25.9 Å². The van der Waals surface area contributed by atoms with Crippen LogP contribution in [0.25, 0.3) is 10.2 Å². The fourth-order valence-corrected chi connectivity index (χ4v) is 8.42. The monoisotopic (exact) mass is 504 g/mol. The van der Waals surface area contributed by atoms with Crippen molar-refractivity contribution in [2.24, 2.45) is 5.92 Å². The van der Waals surface area contributed by atoms with Crippen molar-refractivity contribution in [3.63, 3.8) is 0 Å². The molecule has 7 nitrogen and oxygen atoms in total. The minimum absolute atomic E-state index is 0.0818. The van der Waals surface area contributed by atoms with Crippen LogP contribution in [-0.4, -0.2) is 67.8 Å². The first-order chi connectivity index (χ1) is 16.0. The maximum atomic E-state index is 13.3. The molecule has 1 amide bonds. The van der Waals surface area contributed by atoms with Gasteiger partial charge in [0.2, 0.25) is 5.91 Å². The number of carbonyl (C=O) groups is 1. The standard InChI is InChI=1S/C23H28N4O3S3/c1-2-17-6-3-8-19-21(17)24-23(32-19)26-13-11-25(12-14-26)22(28)18-7-4-10-27(16-18)33(29,30)20-9-5-15-31-20/h3,5-6,8-9,15,18H,2,4,7,10-14,16H2,1H3. The van der Waals surface area contributed by atoms with Crippen LogP contribution < -0.4 is 4.90 Å². The molecule has 1 atom stereocenters. The number of fused-ring (bicyclic) bond motifs is 1. The van der Waals surface area contributed by atoms with Crippen LogP contribution in [0.3, 0.4) is 0 Å². The number of piperazine rings is 1. The van der Waals surface area contributed by atoms with Crippen molar-refractivity contribution < 1.29 is 13.2 Å². The van der Waals surface area contributed by atoms with Crippen molar-refractivity contribution in [2.75, 3.05) is 44.2 Å². The van der Waals surface area contributed by atoms with Crippen molar-refractivity contribution in [1.29, 1.82) is 0 Å². The number of amides is 1. The zero-order valence-electron chi connectivity index (χ0n) is 18.6. The predicted octanol–water partition coefficient (Wildman–Crippen LogP) is 3.67. The third kappa shape index (κ3) is 4.41. The second kappa shape index (κ2) is 9.32. The number of carbonyl (C=O) groups excluding carboxylic acids is 1. The smallest absolute Gasteiger partial charge is 0.252 e. The number of hydrogen-bond donors (Lipinski definition) is 0. The molecule has 0 radical (unpaired) electrons. The van der Waals surface area contributed by atoms with Gasteiger partial charge < -0.3 is 9.80 Å². The van der Waals surface area contributed by atoms with Gasteiger partial charge in [-0.1, -0.05) is 36.5 Å². The van der Waals surface area contributed by atoms with Crippen LogP contribution in [-0.2, 0) is 21.2 Å². The van der Waals surface area contributed by atoms with Crippen molar-refractivity contribution in [2.45, 2.75) is 30.4 Å². The molecule has 3 aromatic rings.